The van der Waals surface area contributed by atoms with Crippen LogP contribution in [-0.4, -0.2) is 23.3 Å². The predicted molar refractivity (Wildman–Crippen MR) is 63.5 cm³/mol. The van der Waals surface area contributed by atoms with Crippen molar-refractivity contribution in [2.45, 2.75) is 51.7 Å². The van der Waals surface area contributed by atoms with Crippen LogP contribution in [0.2, 0.25) is 0 Å². The van der Waals surface area contributed by atoms with Crippen LogP contribution in [0.1, 0.15) is 57.8 Å². The van der Waals surface area contributed by atoms with Gasteiger partial charge in [0.2, 0.25) is 11.7 Å². The Bertz CT molecular complexity index is 358. The molecule has 0 spiro atoms. The van der Waals surface area contributed by atoms with Gasteiger partial charge in [-0.2, -0.15) is 4.98 Å². The highest BCUT2D eigenvalue weighted by Crippen LogP contribution is 2.33. The van der Waals surface area contributed by atoms with E-state index in [1.165, 1.54) is 0 Å². The lowest BCUT2D eigenvalue weighted by Gasteiger charge is -2.30. The van der Waals surface area contributed by atoms with E-state index in [2.05, 4.69) is 22.4 Å². The Morgan fingerprint density at radius 2 is 2.29 bits per heavy atom. The first-order valence-corrected chi connectivity index (χ1v) is 6.37. The maximum Gasteiger partial charge on any atom is 0.243 e. The van der Waals surface area contributed by atoms with Gasteiger partial charge in [0, 0.05) is 6.61 Å². The highest BCUT2D eigenvalue weighted by Gasteiger charge is 2.35. The third-order valence-corrected chi connectivity index (χ3v) is 3.26. The largest absolute Gasteiger partial charge is 0.367 e. The standard InChI is InChI=1S/C12H21N3O2/c1-4-13-9(2)10-14-11(15-17-10)12(3)7-5-6-8-16-12/h9,13H,4-8H2,1-3H3. The quantitative estimate of drug-likeness (QED) is 0.872. The van der Waals surface area contributed by atoms with Gasteiger partial charge in [0.05, 0.1) is 6.04 Å². The third kappa shape index (κ3) is 2.66. The Kier molecular flexibility index (Phi) is 3.79. The molecule has 0 saturated carbocycles. The minimum absolute atomic E-state index is 0.0911. The number of aromatic nitrogens is 2. The van der Waals surface area contributed by atoms with Crippen LogP contribution in [-0.2, 0) is 10.3 Å². The van der Waals surface area contributed by atoms with Crippen molar-refractivity contribution in [3.8, 4) is 0 Å². The van der Waals surface area contributed by atoms with Crippen LogP contribution >= 0.6 is 0 Å². The molecule has 5 nitrogen and oxygen atoms in total. The molecule has 0 amide bonds. The van der Waals surface area contributed by atoms with E-state index in [0.29, 0.717) is 11.7 Å². The maximum atomic E-state index is 5.80. The summed E-state index contributed by atoms with van der Waals surface area (Å²) in [4.78, 5) is 4.46. The first kappa shape index (κ1) is 12.5. The zero-order chi connectivity index (χ0) is 12.3. The Morgan fingerprint density at radius 1 is 1.47 bits per heavy atom. The topological polar surface area (TPSA) is 60.2 Å². The van der Waals surface area contributed by atoms with Gasteiger partial charge in [-0.05, 0) is 39.7 Å². The minimum atomic E-state index is -0.369. The van der Waals surface area contributed by atoms with E-state index in [9.17, 15) is 0 Å². The van der Waals surface area contributed by atoms with Crippen LogP contribution in [0.5, 0.6) is 0 Å². The highest BCUT2D eigenvalue weighted by atomic mass is 16.5. The van der Waals surface area contributed by atoms with E-state index >= 15 is 0 Å². The van der Waals surface area contributed by atoms with Gasteiger partial charge in [0.25, 0.3) is 0 Å². The van der Waals surface area contributed by atoms with Crippen molar-refractivity contribution in [2.24, 2.45) is 0 Å². The number of nitrogens with zero attached hydrogens (tertiary/aromatic N) is 2. The van der Waals surface area contributed by atoms with Crippen LogP contribution < -0.4 is 5.32 Å². The van der Waals surface area contributed by atoms with Crippen molar-refractivity contribution in [1.29, 1.82) is 0 Å². The van der Waals surface area contributed by atoms with Crippen LogP contribution in [0, 0.1) is 0 Å². The Balaban J connectivity index is 2.11. The van der Waals surface area contributed by atoms with E-state index in [1.807, 2.05) is 13.8 Å². The van der Waals surface area contributed by atoms with Crippen molar-refractivity contribution in [1.82, 2.24) is 15.5 Å². The molecule has 1 fully saturated rings. The van der Waals surface area contributed by atoms with Crippen LogP contribution in [0.15, 0.2) is 4.52 Å². The Hall–Kier alpha value is -0.940. The van der Waals surface area contributed by atoms with Gasteiger partial charge in [0.1, 0.15) is 5.60 Å². The molecule has 5 heteroatoms. The summed E-state index contributed by atoms with van der Waals surface area (Å²) >= 11 is 0. The van der Waals surface area contributed by atoms with Gasteiger partial charge >= 0.3 is 0 Å². The molecule has 1 saturated heterocycles. The SMILES string of the molecule is CCNC(C)c1nc(C2(C)CCCCO2)no1. The van der Waals surface area contributed by atoms with Crippen molar-refractivity contribution in [3.63, 3.8) is 0 Å². The van der Waals surface area contributed by atoms with Crippen LogP contribution in [0.3, 0.4) is 0 Å². The summed E-state index contributed by atoms with van der Waals surface area (Å²) < 4.78 is 11.1. The molecule has 17 heavy (non-hydrogen) atoms. The molecule has 2 heterocycles. The summed E-state index contributed by atoms with van der Waals surface area (Å²) in [6.07, 6.45) is 3.23. The molecule has 1 aromatic rings. The summed E-state index contributed by atoms with van der Waals surface area (Å²) in [5.41, 5.74) is -0.369. The lowest BCUT2D eigenvalue weighted by Crippen LogP contribution is -2.31. The van der Waals surface area contributed by atoms with Crippen LogP contribution in [0.25, 0.3) is 0 Å². The highest BCUT2D eigenvalue weighted by molar-refractivity contribution is 5.02. The van der Waals surface area contributed by atoms with E-state index in [1.54, 1.807) is 0 Å². The summed E-state index contributed by atoms with van der Waals surface area (Å²) in [6, 6.07) is 0.0911. The van der Waals surface area contributed by atoms with Gasteiger partial charge in [-0.1, -0.05) is 12.1 Å². The number of ether oxygens (including phenoxy) is 1. The first-order valence-electron chi connectivity index (χ1n) is 6.37. The van der Waals surface area contributed by atoms with Crippen LogP contribution in [0.4, 0.5) is 0 Å². The van der Waals surface area contributed by atoms with Crippen molar-refractivity contribution < 1.29 is 9.26 Å². The third-order valence-electron chi connectivity index (χ3n) is 3.26. The van der Waals surface area contributed by atoms with E-state index in [-0.39, 0.29) is 11.6 Å². The number of hydrogen-bond donors (Lipinski definition) is 1. The molecular formula is C12H21N3O2. The average Bonchev–Trinajstić information content (AvgIpc) is 2.80. The monoisotopic (exact) mass is 239 g/mol. The molecule has 2 atom stereocenters. The lowest BCUT2D eigenvalue weighted by molar-refractivity contribution is -0.0770. The second kappa shape index (κ2) is 5.14. The molecular weight excluding hydrogens is 218 g/mol. The normalized spacial score (nSPS) is 27.0. The minimum Gasteiger partial charge on any atom is -0.367 e. The second-order valence-corrected chi connectivity index (χ2v) is 4.77. The smallest absolute Gasteiger partial charge is 0.243 e. The summed E-state index contributed by atoms with van der Waals surface area (Å²) in [5, 5.41) is 7.32. The number of nitrogens with one attached hydrogen (secondary N) is 1. The Labute approximate surface area is 102 Å². The van der Waals surface area contributed by atoms with Gasteiger partial charge in [-0.15, -0.1) is 0 Å². The molecule has 1 N–H and O–H groups in total. The number of rotatable bonds is 4. The molecule has 1 aromatic heterocycles. The molecule has 96 valence electrons. The zero-order valence-corrected chi connectivity index (χ0v) is 10.8. The van der Waals surface area contributed by atoms with Crippen molar-refractivity contribution >= 4 is 0 Å². The fourth-order valence-electron chi connectivity index (χ4n) is 2.13. The lowest BCUT2D eigenvalue weighted by atomic mass is 9.95. The average molecular weight is 239 g/mol. The Morgan fingerprint density at radius 3 is 2.94 bits per heavy atom. The van der Waals surface area contributed by atoms with E-state index in [0.717, 1.165) is 32.4 Å². The van der Waals surface area contributed by atoms with Gasteiger partial charge < -0.3 is 14.6 Å². The maximum absolute atomic E-state index is 5.80. The van der Waals surface area contributed by atoms with Crippen molar-refractivity contribution in [3.05, 3.63) is 11.7 Å². The van der Waals surface area contributed by atoms with E-state index in [4.69, 9.17) is 9.26 Å². The molecule has 2 unspecified atom stereocenters. The summed E-state index contributed by atoms with van der Waals surface area (Å²) in [6.45, 7) is 7.78. The zero-order valence-electron chi connectivity index (χ0n) is 10.8. The van der Waals surface area contributed by atoms with Gasteiger partial charge in [0.15, 0.2) is 0 Å². The molecule has 1 aliphatic rings. The fraction of sp³-hybridized carbons (Fsp3) is 0.833. The number of hydrogen-bond acceptors (Lipinski definition) is 5. The van der Waals surface area contributed by atoms with E-state index < -0.39 is 0 Å². The fourth-order valence-corrected chi connectivity index (χ4v) is 2.13. The molecule has 0 aliphatic carbocycles. The molecule has 2 rings (SSSR count). The summed E-state index contributed by atoms with van der Waals surface area (Å²) in [7, 11) is 0. The van der Waals surface area contributed by atoms with Gasteiger partial charge in [-0.3, -0.25) is 0 Å². The second-order valence-electron chi connectivity index (χ2n) is 4.77. The summed E-state index contributed by atoms with van der Waals surface area (Å²) in [5.74, 6) is 1.31. The molecule has 0 radical (unpaired) electrons. The van der Waals surface area contributed by atoms with Gasteiger partial charge in [-0.25, -0.2) is 0 Å². The van der Waals surface area contributed by atoms with Crippen molar-refractivity contribution in [2.75, 3.05) is 13.2 Å². The predicted octanol–water partition coefficient (Wildman–Crippen LogP) is 2.16. The first-order chi connectivity index (χ1) is 8.15. The molecule has 1 aliphatic heterocycles. The molecule has 0 aromatic carbocycles. The molecule has 0 bridgehead atoms.